The van der Waals surface area contributed by atoms with E-state index in [4.69, 9.17) is 49.8 Å². The van der Waals surface area contributed by atoms with E-state index in [1.807, 2.05) is 0 Å². The maximum absolute atomic E-state index is 12.4. The van der Waals surface area contributed by atoms with Crippen LogP contribution in [0.2, 0.25) is 15.3 Å². The van der Waals surface area contributed by atoms with Crippen molar-refractivity contribution in [3.8, 4) is 28.3 Å². The average Bonchev–Trinajstić information content (AvgIpc) is 3.18. The number of rotatable bonds is 12. The first-order valence-electron chi connectivity index (χ1n) is 18.3. The Morgan fingerprint density at radius 3 is 1.64 bits per heavy atom. The lowest BCUT2D eigenvalue weighted by molar-refractivity contribution is -0.116. The molecule has 1 aliphatic rings. The molecule has 20 heteroatoms. The monoisotopic (exact) mass is 922 g/mol. The second-order valence-corrected chi connectivity index (χ2v) is 17.9. The SMILES string of the molecule is Cc1nc(Cl)ncc1-c1ccc(NC(=O)Cc2ccccc2Cl)cc1S(N)(=O)=O.NS(=O)(=O)c1cc(NC(=O)Cc2ccccc2Cl)ccc1-c1cnc(OC2CCC2)nc1. The van der Waals surface area contributed by atoms with E-state index in [0.29, 0.717) is 54.8 Å². The summed E-state index contributed by atoms with van der Waals surface area (Å²) < 4.78 is 54.4. The van der Waals surface area contributed by atoms with E-state index < -0.39 is 20.0 Å². The van der Waals surface area contributed by atoms with Gasteiger partial charge in [0, 0.05) is 62.3 Å². The fourth-order valence-electron chi connectivity index (χ4n) is 6.03. The van der Waals surface area contributed by atoms with Crippen LogP contribution in [0.25, 0.3) is 22.3 Å². The number of aryl methyl sites for hydroxylation is 1. The van der Waals surface area contributed by atoms with Gasteiger partial charge in [0.1, 0.15) is 6.10 Å². The molecule has 0 spiro atoms. The van der Waals surface area contributed by atoms with Gasteiger partial charge in [0.15, 0.2) is 0 Å². The van der Waals surface area contributed by atoms with E-state index in [1.165, 1.54) is 36.8 Å². The number of nitrogens with zero attached hydrogens (tertiary/aromatic N) is 4. The normalized spacial score (nSPS) is 12.7. The third-order valence-corrected chi connectivity index (χ3v) is 12.1. The molecular weight excluding hydrogens is 887 g/mol. The van der Waals surface area contributed by atoms with Crippen molar-refractivity contribution in [3.63, 3.8) is 0 Å². The molecule has 6 N–H and O–H groups in total. The van der Waals surface area contributed by atoms with Gasteiger partial charge in [-0.15, -0.1) is 0 Å². The van der Waals surface area contributed by atoms with Crippen molar-refractivity contribution in [3.05, 3.63) is 136 Å². The summed E-state index contributed by atoms with van der Waals surface area (Å²) in [5.41, 5.74) is 3.95. The molecule has 1 fully saturated rings. The van der Waals surface area contributed by atoms with Crippen LogP contribution in [-0.4, -0.2) is 54.7 Å². The Morgan fingerprint density at radius 1 is 0.689 bits per heavy atom. The molecule has 7 rings (SSSR count). The molecule has 2 heterocycles. The summed E-state index contributed by atoms with van der Waals surface area (Å²) in [4.78, 5) is 40.8. The van der Waals surface area contributed by atoms with E-state index in [9.17, 15) is 26.4 Å². The lowest BCUT2D eigenvalue weighted by Gasteiger charge is -2.24. The Morgan fingerprint density at radius 2 is 1.18 bits per heavy atom. The largest absolute Gasteiger partial charge is 0.460 e. The van der Waals surface area contributed by atoms with Crippen LogP contribution in [0.4, 0.5) is 11.4 Å². The van der Waals surface area contributed by atoms with Gasteiger partial charge in [0.05, 0.1) is 28.3 Å². The van der Waals surface area contributed by atoms with Crippen LogP contribution < -0.4 is 25.6 Å². The summed E-state index contributed by atoms with van der Waals surface area (Å²) in [6.45, 7) is 1.68. The molecule has 0 atom stereocenters. The van der Waals surface area contributed by atoms with Crippen LogP contribution in [0.5, 0.6) is 6.01 Å². The third-order valence-electron chi connectivity index (χ3n) is 9.27. The second-order valence-electron chi connectivity index (χ2n) is 13.7. The highest BCUT2D eigenvalue weighted by Crippen LogP contribution is 2.32. The fourth-order valence-corrected chi connectivity index (χ4v) is 8.17. The van der Waals surface area contributed by atoms with Crippen LogP contribution in [0, 0.1) is 6.92 Å². The number of primary sulfonamides is 2. The zero-order valence-corrected chi connectivity index (χ0v) is 36.1. The van der Waals surface area contributed by atoms with E-state index in [1.54, 1.807) is 73.7 Å². The van der Waals surface area contributed by atoms with Crippen molar-refractivity contribution in [2.24, 2.45) is 10.3 Å². The highest BCUT2D eigenvalue weighted by molar-refractivity contribution is 7.89. The maximum atomic E-state index is 12.4. The molecule has 0 unspecified atom stereocenters. The number of aromatic nitrogens is 4. The number of halogens is 3. The third kappa shape index (κ3) is 12.1. The molecule has 1 aliphatic carbocycles. The Balaban J connectivity index is 0.000000205. The lowest BCUT2D eigenvalue weighted by Crippen LogP contribution is -2.25. The molecule has 6 aromatic rings. The molecule has 15 nitrogen and oxygen atoms in total. The zero-order chi connectivity index (χ0) is 43.9. The lowest BCUT2D eigenvalue weighted by atomic mass is 9.96. The van der Waals surface area contributed by atoms with Gasteiger partial charge in [-0.25, -0.2) is 47.0 Å². The van der Waals surface area contributed by atoms with Crippen LogP contribution >= 0.6 is 34.8 Å². The molecule has 2 amide bonds. The van der Waals surface area contributed by atoms with Gasteiger partial charge >= 0.3 is 6.01 Å². The highest BCUT2D eigenvalue weighted by atomic mass is 35.5. The highest BCUT2D eigenvalue weighted by Gasteiger charge is 2.22. The number of anilines is 2. The Hall–Kier alpha value is -5.53. The summed E-state index contributed by atoms with van der Waals surface area (Å²) in [5.74, 6) is -0.690. The van der Waals surface area contributed by atoms with E-state index in [0.717, 1.165) is 19.3 Å². The van der Waals surface area contributed by atoms with Gasteiger partial charge in [-0.05, 0) is 85.3 Å². The summed E-state index contributed by atoms with van der Waals surface area (Å²) in [7, 11) is -8.18. The number of ether oxygens (including phenoxy) is 1. The predicted octanol–water partition coefficient (Wildman–Crippen LogP) is 7.14. The summed E-state index contributed by atoms with van der Waals surface area (Å²) in [5, 5.41) is 17.2. The second kappa shape index (κ2) is 19.5. The van der Waals surface area contributed by atoms with Crippen LogP contribution in [0.1, 0.15) is 36.1 Å². The van der Waals surface area contributed by atoms with Crippen molar-refractivity contribution in [1.29, 1.82) is 0 Å². The predicted molar refractivity (Wildman–Crippen MR) is 233 cm³/mol. The number of hydrogen-bond acceptors (Lipinski definition) is 11. The van der Waals surface area contributed by atoms with Crippen LogP contribution in [0.15, 0.2) is 113 Å². The molecule has 1 saturated carbocycles. The number of sulfonamides is 2. The number of carbonyl (C=O) groups excluding carboxylic acids is 2. The first kappa shape index (κ1) is 45.0. The number of nitrogens with one attached hydrogen (secondary N) is 2. The minimum Gasteiger partial charge on any atom is -0.460 e. The number of nitrogens with two attached hydrogens (primary N) is 2. The van der Waals surface area contributed by atoms with Crippen molar-refractivity contribution >= 4 is 78.0 Å². The van der Waals surface area contributed by atoms with Crippen LogP contribution in [0.3, 0.4) is 0 Å². The molecule has 61 heavy (non-hydrogen) atoms. The van der Waals surface area contributed by atoms with Crippen molar-refractivity contribution in [2.75, 3.05) is 10.6 Å². The molecule has 0 aliphatic heterocycles. The summed E-state index contributed by atoms with van der Waals surface area (Å²) >= 11 is 17.9. The molecule has 4 aromatic carbocycles. The Labute approximate surface area is 367 Å². The van der Waals surface area contributed by atoms with E-state index in [-0.39, 0.29) is 57.5 Å². The van der Waals surface area contributed by atoms with Gasteiger partial charge in [0.2, 0.25) is 37.1 Å². The molecule has 316 valence electrons. The molecule has 0 radical (unpaired) electrons. The summed E-state index contributed by atoms with van der Waals surface area (Å²) in [6.07, 6.45) is 7.69. The average molecular weight is 924 g/mol. The smallest absolute Gasteiger partial charge is 0.316 e. The van der Waals surface area contributed by atoms with Crippen LogP contribution in [-0.2, 0) is 42.5 Å². The first-order valence-corrected chi connectivity index (χ1v) is 22.6. The number of amides is 2. The van der Waals surface area contributed by atoms with Gasteiger partial charge in [-0.2, -0.15) is 0 Å². The standard InChI is InChI=1S/C22H21ClN4O4S.C19H16Cl2N4O3S/c23-19-7-2-1-4-14(19)10-21(28)27-16-8-9-18(20(11-16)32(24,29)30)15-12-25-22(26-13-15)31-17-5-3-6-17;1-11-15(10-23-19(21)24-11)14-7-6-13(9-17(14)29(22,27)28)25-18(26)8-12-4-2-3-5-16(12)20/h1-2,4,7-9,11-13,17H,3,5-6,10H2,(H,27,28)(H2,24,29,30);2-7,9-10H,8H2,1H3,(H,25,26)(H2,22,27,28). The molecule has 2 aromatic heterocycles. The quantitative estimate of drug-likeness (QED) is 0.0899. The minimum absolute atomic E-state index is 0.0380. The fraction of sp³-hybridized carbons (Fsp3) is 0.171. The molecular formula is C41H37Cl3N8O7S2. The van der Waals surface area contributed by atoms with Crippen molar-refractivity contribution in [1.82, 2.24) is 19.9 Å². The number of benzene rings is 4. The Bertz CT molecular complexity index is 2830. The van der Waals surface area contributed by atoms with E-state index >= 15 is 0 Å². The van der Waals surface area contributed by atoms with Gasteiger partial charge in [0.25, 0.3) is 0 Å². The van der Waals surface area contributed by atoms with E-state index in [2.05, 4.69) is 30.6 Å². The Kier molecular flexibility index (Phi) is 14.4. The molecule has 0 bridgehead atoms. The molecule has 0 saturated heterocycles. The van der Waals surface area contributed by atoms with Gasteiger partial charge in [-0.3, -0.25) is 9.59 Å². The first-order chi connectivity index (χ1) is 28.9. The van der Waals surface area contributed by atoms with Crippen molar-refractivity contribution < 1.29 is 31.2 Å². The number of hydrogen-bond donors (Lipinski definition) is 4. The van der Waals surface area contributed by atoms with Crippen molar-refractivity contribution in [2.45, 2.75) is 54.9 Å². The topological polar surface area (TPSA) is 239 Å². The summed E-state index contributed by atoms with van der Waals surface area (Å²) in [6, 6.07) is 23.1. The number of carbonyl (C=O) groups is 2. The maximum Gasteiger partial charge on any atom is 0.316 e. The minimum atomic E-state index is -4.09. The van der Waals surface area contributed by atoms with Gasteiger partial charge in [-0.1, -0.05) is 71.7 Å². The zero-order valence-electron chi connectivity index (χ0n) is 32.2. The van der Waals surface area contributed by atoms with Gasteiger partial charge < -0.3 is 15.4 Å².